The van der Waals surface area contributed by atoms with E-state index < -0.39 is 136 Å². The average molecular weight is 2000 g/mol. The number of carbonyl (C=O) groups is 4. The van der Waals surface area contributed by atoms with Crippen LogP contribution >= 0.6 is 15.9 Å². The van der Waals surface area contributed by atoms with E-state index in [4.69, 9.17) is 19.7 Å². The maximum absolute atomic E-state index is 16.2. The van der Waals surface area contributed by atoms with Crippen molar-refractivity contribution in [2.24, 2.45) is 5.41 Å². The topological polar surface area (TPSA) is 382 Å². The van der Waals surface area contributed by atoms with Crippen LogP contribution in [-0.4, -0.2) is 179 Å². The number of aromatic nitrogens is 4. The molecule has 6 aromatic carbocycles. The largest absolute Gasteiger partial charge is 0.494 e. The monoisotopic (exact) mass is 2000 g/mol. The van der Waals surface area contributed by atoms with Crippen LogP contribution in [-0.2, 0) is 106 Å². The molecule has 8 aromatic rings. The second-order valence-electron chi connectivity index (χ2n) is 31.8. The fourth-order valence-corrected chi connectivity index (χ4v) is 15.1. The molecular weight excluding hydrogens is 1880 g/mol. The number of esters is 1. The van der Waals surface area contributed by atoms with Gasteiger partial charge in [0, 0.05) is 76.7 Å². The molecule has 2 atom stereocenters. The van der Waals surface area contributed by atoms with Crippen LogP contribution in [0.15, 0.2) is 153 Å². The van der Waals surface area contributed by atoms with Crippen molar-refractivity contribution in [2.75, 3.05) is 78.3 Å². The predicted octanol–water partition coefficient (Wildman–Crippen LogP) is 15.4. The molecule has 2 aromatic heterocycles. The minimum Gasteiger partial charge on any atom is -0.494 e. The van der Waals surface area contributed by atoms with E-state index in [1.807, 2.05) is 37.3 Å². The molecule has 0 aliphatic carbocycles. The molecule has 0 fully saturated rings. The second-order valence-corrected chi connectivity index (χ2v) is 37.6. The highest BCUT2D eigenvalue weighted by atomic mass is 79.9. The molecular formula is C93H127BrF7N7O22S3. The van der Waals surface area contributed by atoms with E-state index in [-0.39, 0.29) is 127 Å². The summed E-state index contributed by atoms with van der Waals surface area (Å²) in [6.07, 6.45) is -0.872. The summed E-state index contributed by atoms with van der Waals surface area (Å²) in [7, 11) is -5.92. The molecule has 8 rings (SSSR count). The summed E-state index contributed by atoms with van der Waals surface area (Å²) < 4.78 is 196. The molecule has 2 heterocycles. The van der Waals surface area contributed by atoms with Crippen LogP contribution in [0.2, 0.25) is 0 Å². The van der Waals surface area contributed by atoms with Gasteiger partial charge in [-0.3, -0.25) is 59.7 Å². The van der Waals surface area contributed by atoms with Gasteiger partial charge in [0.05, 0.1) is 114 Å². The Morgan fingerprint density at radius 1 is 0.541 bits per heavy atom. The van der Waals surface area contributed by atoms with Gasteiger partial charge < -0.3 is 39.9 Å². The SMILES string of the molecule is CC(C)OS(C)(=O)=O.CCN(C(C)C)C(C)C.CCOC(=O)CCCBr.CCOS(C)(=O)=O.COS(C)(=O)=O.COc1cccc(-c2c(C)n(Cc3c(C)cccc3F)c(=O)n(C[C@@H](NCCCC(=O)O)c3ccccc3)c2=O)c1F.COc1cccc(-c2c(CC(C)(C)CC(C)=O)n(Cc3c(F)cccc3C(F)(F)F)c(=O)n(C[C@H](NCCCC(=O)O)c3ccccc3)c2=O)c1F. The van der Waals surface area contributed by atoms with Gasteiger partial charge in [-0.15, -0.1) is 0 Å². The van der Waals surface area contributed by atoms with Gasteiger partial charge >= 0.3 is 35.5 Å². The number of ketones is 1. The lowest BCUT2D eigenvalue weighted by Crippen LogP contribution is -2.46. The van der Waals surface area contributed by atoms with Crippen molar-refractivity contribution >= 4 is 70.0 Å². The van der Waals surface area contributed by atoms with Crippen LogP contribution in [0.25, 0.3) is 22.3 Å². The quantitative estimate of drug-likeness (QED) is 0.00911. The molecule has 0 aliphatic rings. The van der Waals surface area contributed by atoms with Crippen LogP contribution in [0.4, 0.5) is 30.7 Å². The van der Waals surface area contributed by atoms with Gasteiger partial charge in [-0.25, -0.2) is 27.2 Å². The third-order valence-corrected chi connectivity index (χ3v) is 22.0. The lowest BCUT2D eigenvalue weighted by atomic mass is 9.81. The number of rotatable bonds is 40. The number of nitrogens with one attached hydrogen (secondary N) is 2. The number of alkyl halides is 4. The van der Waals surface area contributed by atoms with Gasteiger partial charge in [0.15, 0.2) is 23.1 Å². The van der Waals surface area contributed by atoms with Gasteiger partial charge in [0.25, 0.3) is 41.5 Å². The van der Waals surface area contributed by atoms with Crippen molar-refractivity contribution in [3.05, 3.63) is 243 Å². The lowest BCUT2D eigenvalue weighted by Gasteiger charge is -2.29. The maximum atomic E-state index is 16.2. The third kappa shape index (κ3) is 41.8. The van der Waals surface area contributed by atoms with Gasteiger partial charge in [-0.05, 0) is 174 Å². The summed E-state index contributed by atoms with van der Waals surface area (Å²) in [6.45, 7) is 26.4. The number of hydrogen-bond acceptors (Lipinski definition) is 23. The Morgan fingerprint density at radius 2 is 0.970 bits per heavy atom. The standard InChI is InChI=1S/C38H40F5N3O6.C32H33F2N3O5.C8H19N.C6H11BrO2.C4H10O3S.C3H8O3S.C2H6O3S/c1-23(47)19-37(2,3)20-30-33(25-13-8-16-31(52-4)34(25)40)35(50)46(22-29(24-11-6-5-7-12-24)44-18-10-17-32(48)49)36(51)45(30)21-26-27(38(41,42)43)14-9-15-28(26)39;1-20-10-7-14-25(33)24(20)18-36-21(2)29(23-13-8-15-27(42-3)30(23)34)31(40)37(32(36)41)19-26(22-11-5-4-6-12-22)35-17-9-16-28(38)39;1-6-9(7(2)3)8(4)5;1-2-9-6(8)4-3-5-7;1-4(2)7-8(3,5)6;1-3-6-7(2,4)5;1-5-6(2,3)4/h5-9,11-16,29,44H,10,17-22H2,1-4H3,(H,48,49);4-8,10-15,26,35H,9,16-19H2,1-3H3,(H,38,39);7-8H,6H2,1-5H3;2-5H2,1H3;4H,1-3H3;3H2,1-2H3;1-2H3/t29-;26-;;;;;/m01...../s1. The number of carboxylic acid groups (broad SMARTS) is 2. The summed E-state index contributed by atoms with van der Waals surface area (Å²) in [5, 5.41) is 25.4. The Kier molecular flexibility index (Phi) is 51.6. The number of benzene rings is 6. The van der Waals surface area contributed by atoms with Crippen molar-refractivity contribution in [1.82, 2.24) is 33.8 Å². The summed E-state index contributed by atoms with van der Waals surface area (Å²) >= 11 is 3.22. The zero-order valence-electron chi connectivity index (χ0n) is 78.9. The molecule has 0 bridgehead atoms. The molecule has 0 saturated carbocycles. The van der Waals surface area contributed by atoms with Crippen LogP contribution in [0.5, 0.6) is 11.5 Å². The summed E-state index contributed by atoms with van der Waals surface area (Å²) in [5.41, 5.74) is -5.27. The molecule has 0 saturated heterocycles. The first-order chi connectivity index (χ1) is 62.0. The molecule has 40 heteroatoms. The fraction of sp³-hybridized carbons (Fsp3) is 0.484. The highest BCUT2D eigenvalue weighted by molar-refractivity contribution is 9.09. The number of methoxy groups -OCH3 is 2. The molecule has 0 spiro atoms. The smallest absolute Gasteiger partial charge is 0.416 e. The zero-order valence-corrected chi connectivity index (χ0v) is 82.9. The number of carboxylic acids is 2. The van der Waals surface area contributed by atoms with Crippen LogP contribution in [0.1, 0.15) is 185 Å². The molecule has 4 N–H and O–H groups in total. The molecule has 0 aliphatic heterocycles. The van der Waals surface area contributed by atoms with Gasteiger partial charge in [-0.2, -0.15) is 38.4 Å². The van der Waals surface area contributed by atoms with E-state index >= 15 is 13.2 Å². The van der Waals surface area contributed by atoms with E-state index in [0.29, 0.717) is 55.3 Å². The van der Waals surface area contributed by atoms with E-state index in [0.717, 1.165) is 75.6 Å². The lowest BCUT2D eigenvalue weighted by molar-refractivity contribution is -0.143. The maximum Gasteiger partial charge on any atom is 0.416 e. The Hall–Kier alpha value is -10.0. The first-order valence-electron chi connectivity index (χ1n) is 42.4. The number of ether oxygens (including phenoxy) is 3. The van der Waals surface area contributed by atoms with Crippen molar-refractivity contribution in [1.29, 1.82) is 0 Å². The fourth-order valence-electron chi connectivity index (χ4n) is 13.7. The van der Waals surface area contributed by atoms with Gasteiger partial charge in [0.2, 0.25) is 0 Å². The number of carbonyl (C=O) groups excluding carboxylic acids is 2. The summed E-state index contributed by atoms with van der Waals surface area (Å²) in [4.78, 5) is 105. The summed E-state index contributed by atoms with van der Waals surface area (Å²) in [5.74, 6) is -6.15. The molecule has 0 unspecified atom stereocenters. The van der Waals surface area contributed by atoms with Crippen molar-refractivity contribution in [3.8, 4) is 33.8 Å². The van der Waals surface area contributed by atoms with Crippen molar-refractivity contribution in [3.63, 3.8) is 0 Å². The Bertz CT molecular complexity index is 5660. The molecule has 133 heavy (non-hydrogen) atoms. The molecule has 0 radical (unpaired) electrons. The normalized spacial score (nSPS) is 11.9. The zero-order chi connectivity index (χ0) is 101. The third-order valence-electron chi connectivity index (χ3n) is 19.5. The number of hydrogen-bond donors (Lipinski definition) is 4. The summed E-state index contributed by atoms with van der Waals surface area (Å²) in [6, 6.07) is 33.0. The number of aryl methyl sites for hydroxylation is 1. The van der Waals surface area contributed by atoms with Crippen molar-refractivity contribution < 1.29 is 112 Å². The number of Topliss-reactive ketones (excluding diaryl/α,β-unsaturated/α-hetero) is 1. The molecule has 740 valence electrons. The Morgan fingerprint density at radius 3 is 1.32 bits per heavy atom. The van der Waals surface area contributed by atoms with Gasteiger partial charge in [0.1, 0.15) is 17.4 Å². The first-order valence-corrected chi connectivity index (χ1v) is 49.0. The van der Waals surface area contributed by atoms with Crippen LogP contribution in [0, 0.1) is 42.5 Å². The first kappa shape index (κ1) is 119. The van der Waals surface area contributed by atoms with Crippen LogP contribution in [0.3, 0.4) is 0 Å². The van der Waals surface area contributed by atoms with E-state index in [1.165, 1.54) is 69.0 Å². The minimum absolute atomic E-state index is 0.0438. The molecule has 0 amide bonds. The van der Waals surface area contributed by atoms with E-state index in [9.17, 15) is 81.2 Å². The highest BCUT2D eigenvalue weighted by Crippen LogP contribution is 2.38. The minimum atomic E-state index is -5.02. The van der Waals surface area contributed by atoms with Crippen molar-refractivity contribution in [2.45, 2.75) is 211 Å². The van der Waals surface area contributed by atoms with E-state index in [1.54, 1.807) is 90.1 Å². The average Bonchev–Trinajstić information content (AvgIpc) is 0.745. The Labute approximate surface area is 782 Å². The number of aliphatic carboxylic acids is 2. The Balaban J connectivity index is 0.000000646. The predicted molar refractivity (Wildman–Crippen MR) is 502 cm³/mol. The highest BCUT2D eigenvalue weighted by Gasteiger charge is 2.37. The van der Waals surface area contributed by atoms with E-state index in [2.05, 4.69) is 83.4 Å². The number of nitrogens with zero attached hydrogens (tertiary/aromatic N) is 5. The number of halogens is 8. The second kappa shape index (κ2) is 57.6. The van der Waals surface area contributed by atoms with Gasteiger partial charge in [-0.1, -0.05) is 140 Å². The molecule has 29 nitrogen and oxygen atoms in total. The van der Waals surface area contributed by atoms with Crippen LogP contribution < -0.4 is 42.6 Å².